The Morgan fingerprint density at radius 1 is 0.865 bits per heavy atom. The van der Waals surface area contributed by atoms with Crippen LogP contribution in [0.5, 0.6) is 5.75 Å². The van der Waals surface area contributed by atoms with Crippen molar-refractivity contribution in [3.05, 3.63) is 87.7 Å². The number of ether oxygens (including phenoxy) is 1. The van der Waals surface area contributed by atoms with Crippen LogP contribution >= 0.6 is 46.4 Å². The summed E-state index contributed by atoms with van der Waals surface area (Å²) in [5.74, 6) is -4.04. The molecule has 2 atom stereocenters. The smallest absolute Gasteiger partial charge is 0.404 e. The first-order valence-corrected chi connectivity index (χ1v) is 11.9. The van der Waals surface area contributed by atoms with E-state index in [1.807, 2.05) is 0 Å². The van der Waals surface area contributed by atoms with Gasteiger partial charge in [0, 0.05) is 17.3 Å². The van der Waals surface area contributed by atoms with Crippen molar-refractivity contribution in [3.63, 3.8) is 0 Å². The van der Waals surface area contributed by atoms with Crippen LogP contribution in [0.25, 0.3) is 0 Å². The lowest BCUT2D eigenvalue weighted by molar-refractivity contribution is -0.274. The van der Waals surface area contributed by atoms with Crippen LogP contribution in [0, 0.1) is 11.7 Å². The van der Waals surface area contributed by atoms with E-state index in [9.17, 15) is 27.2 Å². The van der Waals surface area contributed by atoms with Gasteiger partial charge >= 0.3 is 6.36 Å². The van der Waals surface area contributed by atoms with Crippen LogP contribution in [-0.4, -0.2) is 22.5 Å². The van der Waals surface area contributed by atoms with Gasteiger partial charge in [0.15, 0.2) is 0 Å². The van der Waals surface area contributed by atoms with Crippen LogP contribution in [0.3, 0.4) is 0 Å². The average Bonchev–Trinajstić information content (AvgIpc) is 3.39. The van der Waals surface area contributed by atoms with Gasteiger partial charge in [0.05, 0.1) is 21.5 Å². The predicted octanol–water partition coefficient (Wildman–Crippen LogP) is 7.81. The lowest BCUT2D eigenvalue weighted by Gasteiger charge is -2.11. The van der Waals surface area contributed by atoms with E-state index in [2.05, 4.69) is 15.4 Å². The lowest BCUT2D eigenvalue weighted by atomic mass is 10.1. The van der Waals surface area contributed by atoms with Gasteiger partial charge < -0.3 is 15.4 Å². The maximum atomic E-state index is 13.1. The summed E-state index contributed by atoms with van der Waals surface area (Å²) in [6.45, 7) is 0. The molecule has 1 aliphatic carbocycles. The van der Waals surface area contributed by atoms with Crippen molar-refractivity contribution in [3.8, 4) is 5.75 Å². The molecule has 13 heteroatoms. The molecule has 0 heterocycles. The van der Waals surface area contributed by atoms with E-state index in [-0.39, 0.29) is 21.3 Å². The third-order valence-electron chi connectivity index (χ3n) is 5.46. The molecule has 4 rings (SSSR count). The Morgan fingerprint density at radius 3 is 2.14 bits per heavy atom. The largest absolute Gasteiger partial charge is 0.573 e. The normalized spacial score (nSPS) is 18.2. The van der Waals surface area contributed by atoms with E-state index >= 15 is 0 Å². The minimum Gasteiger partial charge on any atom is -0.404 e. The number of amides is 2. The highest BCUT2D eigenvalue weighted by atomic mass is 35.5. The standard InChI is InChI=1S/C24H14Cl4F4N2O3/c25-16-7-6-14(10-15(16)21(35)33-13-4-2-12(29)3-5-13)34-22(36)20-19(23(20,27)28)11-1-8-18(17(26)9-11)37-24(30,31)32/h1-10,19-20H,(H,33,35)(H,34,36)/t19-,20+/m1/s1. The number of alkyl halides is 5. The molecule has 0 aliphatic heterocycles. The average molecular weight is 596 g/mol. The molecule has 0 aromatic heterocycles. The summed E-state index contributed by atoms with van der Waals surface area (Å²) in [6, 6.07) is 12.8. The maximum Gasteiger partial charge on any atom is 0.573 e. The van der Waals surface area contributed by atoms with Gasteiger partial charge in [-0.3, -0.25) is 9.59 Å². The summed E-state index contributed by atoms with van der Waals surface area (Å²) < 4.78 is 52.9. The zero-order chi connectivity index (χ0) is 27.1. The second-order valence-corrected chi connectivity index (χ2v) is 10.3. The lowest BCUT2D eigenvalue weighted by Crippen LogP contribution is -2.18. The first-order valence-electron chi connectivity index (χ1n) is 10.4. The molecule has 2 amide bonds. The van der Waals surface area contributed by atoms with Crippen molar-refractivity contribution >= 4 is 69.6 Å². The number of carbonyl (C=O) groups is 2. The molecule has 0 unspecified atom stereocenters. The monoisotopic (exact) mass is 594 g/mol. The number of nitrogens with one attached hydrogen (secondary N) is 2. The molecule has 0 radical (unpaired) electrons. The summed E-state index contributed by atoms with van der Waals surface area (Å²) >= 11 is 24.7. The molecule has 3 aromatic rings. The molecule has 5 nitrogen and oxygen atoms in total. The number of rotatable bonds is 6. The van der Waals surface area contributed by atoms with Gasteiger partial charge in [0.2, 0.25) is 5.91 Å². The summed E-state index contributed by atoms with van der Waals surface area (Å²) in [7, 11) is 0. The van der Waals surface area contributed by atoms with Gasteiger partial charge in [0.25, 0.3) is 5.91 Å². The van der Waals surface area contributed by atoms with Crippen molar-refractivity contribution in [2.45, 2.75) is 16.6 Å². The first kappa shape index (κ1) is 27.3. The van der Waals surface area contributed by atoms with Crippen LogP contribution in [0.4, 0.5) is 28.9 Å². The van der Waals surface area contributed by atoms with Crippen LogP contribution in [0.15, 0.2) is 60.7 Å². The quantitative estimate of drug-likeness (QED) is 0.226. The Balaban J connectivity index is 1.48. The van der Waals surface area contributed by atoms with Gasteiger partial charge in [0.1, 0.15) is 15.9 Å². The Bertz CT molecular complexity index is 1370. The second kappa shape index (κ2) is 10.2. The Morgan fingerprint density at radius 2 is 1.51 bits per heavy atom. The highest BCUT2D eigenvalue weighted by molar-refractivity contribution is 6.53. The molecule has 37 heavy (non-hydrogen) atoms. The fourth-order valence-electron chi connectivity index (χ4n) is 3.71. The van der Waals surface area contributed by atoms with Crippen LogP contribution in [-0.2, 0) is 4.79 Å². The SMILES string of the molecule is O=C(Nc1ccc(F)cc1)c1cc(NC(=O)[C@@H]2[C@@H](c3ccc(OC(F)(F)F)c(Cl)c3)C2(Cl)Cl)ccc1Cl. The molecule has 1 fully saturated rings. The molecule has 194 valence electrons. The Kier molecular flexibility index (Phi) is 7.54. The zero-order valence-corrected chi connectivity index (χ0v) is 21.2. The van der Waals surface area contributed by atoms with Gasteiger partial charge in [-0.1, -0.05) is 29.3 Å². The fraction of sp³-hybridized carbons (Fsp3) is 0.167. The molecule has 0 spiro atoms. The topological polar surface area (TPSA) is 67.4 Å². The summed E-state index contributed by atoms with van der Waals surface area (Å²) in [4.78, 5) is 25.6. The van der Waals surface area contributed by atoms with Gasteiger partial charge in [-0.25, -0.2) is 4.39 Å². The molecule has 0 saturated heterocycles. The van der Waals surface area contributed by atoms with Gasteiger partial charge in [-0.2, -0.15) is 0 Å². The number of hydrogen-bond acceptors (Lipinski definition) is 3. The highest BCUT2D eigenvalue weighted by Crippen LogP contribution is 2.65. The van der Waals surface area contributed by atoms with E-state index in [4.69, 9.17) is 46.4 Å². The Labute approximate surface area is 227 Å². The van der Waals surface area contributed by atoms with Crippen LogP contribution in [0.2, 0.25) is 10.0 Å². The Hall–Kier alpha value is -2.72. The molecular weight excluding hydrogens is 582 g/mol. The molecule has 1 aliphatic rings. The van der Waals surface area contributed by atoms with Crippen molar-refractivity contribution in [2.24, 2.45) is 5.92 Å². The number of halogens is 8. The van der Waals surface area contributed by atoms with Crippen molar-refractivity contribution in [1.29, 1.82) is 0 Å². The fourth-order valence-corrected chi connectivity index (χ4v) is 4.97. The van der Waals surface area contributed by atoms with E-state index < -0.39 is 45.9 Å². The predicted molar refractivity (Wildman–Crippen MR) is 133 cm³/mol. The summed E-state index contributed by atoms with van der Waals surface area (Å²) in [5, 5.41) is 4.94. The van der Waals surface area contributed by atoms with E-state index in [1.165, 1.54) is 54.6 Å². The number of anilines is 2. The number of carbonyl (C=O) groups excluding carboxylic acids is 2. The van der Waals surface area contributed by atoms with E-state index in [1.54, 1.807) is 0 Å². The molecule has 0 bridgehead atoms. The van der Waals surface area contributed by atoms with E-state index in [0.29, 0.717) is 11.3 Å². The van der Waals surface area contributed by atoms with Gasteiger partial charge in [-0.15, -0.1) is 36.4 Å². The van der Waals surface area contributed by atoms with Gasteiger partial charge in [-0.05, 0) is 60.2 Å². The third-order valence-corrected chi connectivity index (χ3v) is 7.02. The van der Waals surface area contributed by atoms with Crippen molar-refractivity contribution in [1.82, 2.24) is 0 Å². The molecule has 2 N–H and O–H groups in total. The van der Waals surface area contributed by atoms with Crippen LogP contribution < -0.4 is 15.4 Å². The third kappa shape index (κ3) is 6.23. The van der Waals surface area contributed by atoms with E-state index in [0.717, 1.165) is 6.07 Å². The summed E-state index contributed by atoms with van der Waals surface area (Å²) in [6.07, 6.45) is -4.93. The highest BCUT2D eigenvalue weighted by Gasteiger charge is 2.67. The second-order valence-electron chi connectivity index (χ2n) is 8.01. The molecule has 1 saturated carbocycles. The molecular formula is C24H14Cl4F4N2O3. The van der Waals surface area contributed by atoms with Crippen molar-refractivity contribution in [2.75, 3.05) is 10.6 Å². The maximum absolute atomic E-state index is 13.1. The zero-order valence-electron chi connectivity index (χ0n) is 18.2. The minimum absolute atomic E-state index is 0.0335. The van der Waals surface area contributed by atoms with Crippen LogP contribution in [0.1, 0.15) is 21.8 Å². The first-order chi connectivity index (χ1) is 17.3. The molecule has 3 aromatic carbocycles. The van der Waals surface area contributed by atoms with Crippen molar-refractivity contribution < 1.29 is 31.9 Å². The minimum atomic E-state index is -4.93. The summed E-state index contributed by atoms with van der Waals surface area (Å²) in [5.41, 5.74) is 0.906. The number of hydrogen-bond donors (Lipinski definition) is 2. The number of benzene rings is 3.